The van der Waals surface area contributed by atoms with Crippen molar-refractivity contribution in [1.82, 2.24) is 9.55 Å². The molecule has 2 rings (SSSR count). The number of H-pyrrole nitrogens is 1. The molecule has 0 amide bonds. The van der Waals surface area contributed by atoms with Crippen molar-refractivity contribution in [2.75, 3.05) is 6.61 Å². The second kappa shape index (κ2) is 4.56. The van der Waals surface area contributed by atoms with E-state index in [0.29, 0.717) is 0 Å². The Morgan fingerprint density at radius 1 is 1.61 bits per heavy atom. The Hall–Kier alpha value is -1.06. The third-order valence-corrected chi connectivity index (χ3v) is 3.38. The lowest BCUT2D eigenvalue weighted by Gasteiger charge is -2.24. The van der Waals surface area contributed by atoms with E-state index in [1.807, 2.05) is 0 Å². The van der Waals surface area contributed by atoms with Crippen molar-refractivity contribution in [3.63, 3.8) is 0 Å². The van der Waals surface area contributed by atoms with Gasteiger partial charge in [-0.25, -0.2) is 0 Å². The quantitative estimate of drug-likeness (QED) is 0.510. The van der Waals surface area contributed by atoms with E-state index in [4.69, 9.17) is 17.0 Å². The van der Waals surface area contributed by atoms with E-state index in [2.05, 4.69) is 4.98 Å². The predicted molar refractivity (Wildman–Crippen MR) is 63.5 cm³/mol. The van der Waals surface area contributed by atoms with E-state index in [-0.39, 0.29) is 10.3 Å². The summed E-state index contributed by atoms with van der Waals surface area (Å²) in [5, 5.41) is 29.0. The lowest BCUT2D eigenvalue weighted by atomic mass is 9.99. The van der Waals surface area contributed by atoms with Crippen LogP contribution in [0.15, 0.2) is 17.1 Å². The summed E-state index contributed by atoms with van der Waals surface area (Å²) in [6, 6.07) is 1.23. The Balaban J connectivity index is 2.41. The Labute approximate surface area is 107 Å². The summed E-state index contributed by atoms with van der Waals surface area (Å²) >= 11 is 4.95. The van der Waals surface area contributed by atoms with Gasteiger partial charge in [0.05, 0.1) is 6.61 Å². The molecule has 0 aliphatic carbocycles. The first-order chi connectivity index (χ1) is 8.39. The van der Waals surface area contributed by atoms with Gasteiger partial charge in [-0.1, -0.05) is 0 Å². The van der Waals surface area contributed by atoms with Gasteiger partial charge >= 0.3 is 0 Å². The van der Waals surface area contributed by atoms with Crippen LogP contribution >= 0.6 is 12.2 Å². The third-order valence-electron chi connectivity index (χ3n) is 3.07. The standard InChI is InChI=1S/C10H14N2O5S/c1-10(4-13)7(16)6(15)8(17-10)12-3-2-5(14)11-9(12)18/h2-3,6-8,13,15-16H,4H2,1H3,(H,11,14,18)/t6-,7+,8+,10+/m0/s1. The number of aromatic nitrogens is 2. The molecule has 0 aromatic carbocycles. The predicted octanol–water partition coefficient (Wildman–Crippen LogP) is -1.09. The number of ether oxygens (including phenoxy) is 1. The second-order valence-electron chi connectivity index (χ2n) is 4.43. The van der Waals surface area contributed by atoms with Gasteiger partial charge in [0.25, 0.3) is 5.56 Å². The largest absolute Gasteiger partial charge is 0.393 e. The number of aliphatic hydroxyl groups excluding tert-OH is 3. The number of nitrogens with one attached hydrogen (secondary N) is 1. The van der Waals surface area contributed by atoms with Crippen LogP contribution in [0.25, 0.3) is 0 Å². The lowest BCUT2D eigenvalue weighted by Crippen LogP contribution is -2.43. The van der Waals surface area contributed by atoms with Crippen molar-refractivity contribution in [2.45, 2.75) is 31.0 Å². The van der Waals surface area contributed by atoms with Gasteiger partial charge in [0.15, 0.2) is 11.0 Å². The normalized spacial score (nSPS) is 35.9. The van der Waals surface area contributed by atoms with Crippen LogP contribution in [0, 0.1) is 4.77 Å². The Morgan fingerprint density at radius 3 is 2.78 bits per heavy atom. The highest BCUT2D eigenvalue weighted by atomic mass is 32.1. The zero-order chi connectivity index (χ0) is 13.5. The summed E-state index contributed by atoms with van der Waals surface area (Å²) in [4.78, 5) is 13.4. The Bertz CT molecular complexity index is 556. The minimum atomic E-state index is -1.27. The van der Waals surface area contributed by atoms with Crippen LogP contribution in [0.5, 0.6) is 0 Å². The number of hydrogen-bond acceptors (Lipinski definition) is 6. The fourth-order valence-electron chi connectivity index (χ4n) is 1.91. The number of hydrogen-bond donors (Lipinski definition) is 4. The number of nitrogens with zero attached hydrogens (tertiary/aromatic N) is 1. The molecule has 1 saturated heterocycles. The molecule has 18 heavy (non-hydrogen) atoms. The van der Waals surface area contributed by atoms with Crippen molar-refractivity contribution >= 4 is 12.2 Å². The molecule has 7 nitrogen and oxygen atoms in total. The van der Waals surface area contributed by atoms with E-state index in [0.717, 1.165) is 0 Å². The van der Waals surface area contributed by atoms with Crippen LogP contribution in [0.3, 0.4) is 0 Å². The first-order valence-electron chi connectivity index (χ1n) is 5.35. The molecule has 1 aromatic rings. The van der Waals surface area contributed by atoms with Gasteiger partial charge in [0, 0.05) is 12.3 Å². The van der Waals surface area contributed by atoms with Gasteiger partial charge in [-0.15, -0.1) is 0 Å². The highest BCUT2D eigenvalue weighted by Gasteiger charge is 2.51. The first kappa shape index (κ1) is 13.4. The smallest absolute Gasteiger partial charge is 0.251 e. The average molecular weight is 274 g/mol. The summed E-state index contributed by atoms with van der Waals surface area (Å²) in [6.45, 7) is 1.04. The summed E-state index contributed by atoms with van der Waals surface area (Å²) in [7, 11) is 0. The SMILES string of the molecule is C[C@]1(CO)O[C@@H](n2ccc(=O)[nH]c2=S)[C@@H](O)[C@H]1O. The van der Waals surface area contributed by atoms with Crippen LogP contribution in [-0.4, -0.2) is 49.3 Å². The summed E-state index contributed by atoms with van der Waals surface area (Å²) in [5.74, 6) is 0. The van der Waals surface area contributed by atoms with Crippen LogP contribution in [0.1, 0.15) is 13.2 Å². The Morgan fingerprint density at radius 2 is 2.28 bits per heavy atom. The number of aromatic amines is 1. The van der Waals surface area contributed by atoms with Crippen molar-refractivity contribution in [3.8, 4) is 0 Å². The van der Waals surface area contributed by atoms with Gasteiger partial charge in [0.2, 0.25) is 0 Å². The van der Waals surface area contributed by atoms with Crippen molar-refractivity contribution in [2.24, 2.45) is 0 Å². The van der Waals surface area contributed by atoms with Crippen molar-refractivity contribution < 1.29 is 20.1 Å². The molecule has 4 N–H and O–H groups in total. The lowest BCUT2D eigenvalue weighted by molar-refractivity contribution is -0.117. The van der Waals surface area contributed by atoms with E-state index >= 15 is 0 Å². The highest BCUT2D eigenvalue weighted by molar-refractivity contribution is 7.71. The summed E-state index contributed by atoms with van der Waals surface area (Å²) in [6.07, 6.45) is -2.09. The molecular formula is C10H14N2O5S. The van der Waals surface area contributed by atoms with Crippen LogP contribution in [0.4, 0.5) is 0 Å². The average Bonchev–Trinajstić information content (AvgIpc) is 2.55. The second-order valence-corrected chi connectivity index (χ2v) is 4.82. The minimum Gasteiger partial charge on any atom is -0.393 e. The van der Waals surface area contributed by atoms with Crippen molar-refractivity contribution in [3.05, 3.63) is 27.4 Å². The molecule has 0 unspecified atom stereocenters. The maximum Gasteiger partial charge on any atom is 0.251 e. The molecular weight excluding hydrogens is 260 g/mol. The number of aliphatic hydroxyl groups is 3. The molecule has 2 heterocycles. The molecule has 1 aliphatic heterocycles. The van der Waals surface area contributed by atoms with Crippen LogP contribution in [0.2, 0.25) is 0 Å². The van der Waals surface area contributed by atoms with Gasteiger partial charge in [-0.2, -0.15) is 0 Å². The molecule has 0 bridgehead atoms. The molecule has 0 radical (unpaired) electrons. The maximum atomic E-state index is 11.1. The van der Waals surface area contributed by atoms with Crippen LogP contribution < -0.4 is 5.56 Å². The molecule has 1 aromatic heterocycles. The van der Waals surface area contributed by atoms with Crippen LogP contribution in [-0.2, 0) is 4.74 Å². The maximum absolute atomic E-state index is 11.1. The van der Waals surface area contributed by atoms with E-state index in [1.54, 1.807) is 0 Å². The van der Waals surface area contributed by atoms with E-state index < -0.39 is 30.6 Å². The first-order valence-corrected chi connectivity index (χ1v) is 5.76. The fraction of sp³-hybridized carbons (Fsp3) is 0.600. The van der Waals surface area contributed by atoms with Gasteiger partial charge in [0.1, 0.15) is 17.8 Å². The van der Waals surface area contributed by atoms with Gasteiger partial charge in [-0.3, -0.25) is 14.3 Å². The molecule has 0 spiro atoms. The molecule has 100 valence electrons. The van der Waals surface area contributed by atoms with Gasteiger partial charge < -0.3 is 20.1 Å². The molecule has 1 fully saturated rings. The Kier molecular flexibility index (Phi) is 3.39. The monoisotopic (exact) mass is 274 g/mol. The summed E-state index contributed by atoms with van der Waals surface area (Å²) in [5.41, 5.74) is -1.64. The van der Waals surface area contributed by atoms with E-state index in [1.165, 1.54) is 23.8 Å². The minimum absolute atomic E-state index is 0.0703. The van der Waals surface area contributed by atoms with E-state index in [9.17, 15) is 20.1 Å². The highest BCUT2D eigenvalue weighted by Crippen LogP contribution is 2.36. The molecule has 4 atom stereocenters. The zero-order valence-corrected chi connectivity index (χ0v) is 10.4. The molecule has 8 heteroatoms. The zero-order valence-electron chi connectivity index (χ0n) is 9.61. The van der Waals surface area contributed by atoms with Gasteiger partial charge in [-0.05, 0) is 19.1 Å². The summed E-state index contributed by atoms with van der Waals surface area (Å²) < 4.78 is 6.85. The van der Waals surface area contributed by atoms with Crippen molar-refractivity contribution in [1.29, 1.82) is 0 Å². The number of rotatable bonds is 2. The fourth-order valence-corrected chi connectivity index (χ4v) is 2.18. The third kappa shape index (κ3) is 2.02. The molecule has 1 aliphatic rings. The molecule has 0 saturated carbocycles. The topological polar surface area (TPSA) is 108 Å².